The van der Waals surface area contributed by atoms with Gasteiger partial charge in [-0.3, -0.25) is 4.79 Å². The van der Waals surface area contributed by atoms with Crippen molar-refractivity contribution in [2.24, 2.45) is 5.92 Å². The lowest BCUT2D eigenvalue weighted by atomic mass is 9.86. The van der Waals surface area contributed by atoms with E-state index in [4.69, 9.17) is 4.74 Å². The first kappa shape index (κ1) is 19.5. The molecule has 146 valence electrons. The predicted molar refractivity (Wildman–Crippen MR) is 101 cm³/mol. The lowest BCUT2D eigenvalue weighted by Gasteiger charge is -2.26. The number of anilines is 1. The Kier molecular flexibility index (Phi) is 5.95. The molecule has 0 saturated heterocycles. The zero-order valence-electron chi connectivity index (χ0n) is 15.3. The highest BCUT2D eigenvalue weighted by atomic mass is 19.3. The second-order valence-corrected chi connectivity index (χ2v) is 7.09. The molecule has 1 amide bonds. The quantitative estimate of drug-likeness (QED) is 0.763. The van der Waals surface area contributed by atoms with Crippen molar-refractivity contribution in [2.45, 2.75) is 38.0 Å². The average molecular weight is 377 g/mol. The number of fused-ring (bicyclic) bond motifs is 1. The summed E-state index contributed by atoms with van der Waals surface area (Å²) >= 11 is 0. The number of carbonyl (C=O) groups is 1. The first-order valence-corrected chi connectivity index (χ1v) is 9.34. The average Bonchev–Trinajstić information content (AvgIpc) is 3.13. The fourth-order valence-corrected chi connectivity index (χ4v) is 3.67. The molecule has 4 nitrogen and oxygen atoms in total. The summed E-state index contributed by atoms with van der Waals surface area (Å²) in [6, 6.07) is 3.74. The van der Waals surface area contributed by atoms with E-state index in [0.717, 1.165) is 23.3 Å². The van der Waals surface area contributed by atoms with Crippen LogP contribution < -0.4 is 9.64 Å². The number of aliphatic hydroxyl groups excluding tert-OH is 1. The van der Waals surface area contributed by atoms with Gasteiger partial charge in [-0.1, -0.05) is 18.7 Å². The van der Waals surface area contributed by atoms with Crippen LogP contribution in [0.4, 0.5) is 14.5 Å². The minimum Gasteiger partial charge on any atom is -0.492 e. The third-order valence-electron chi connectivity index (χ3n) is 5.18. The summed E-state index contributed by atoms with van der Waals surface area (Å²) in [6.07, 6.45) is 6.64. The van der Waals surface area contributed by atoms with Gasteiger partial charge in [0.05, 0.1) is 13.2 Å². The zero-order valence-corrected chi connectivity index (χ0v) is 15.3. The van der Waals surface area contributed by atoms with Crippen molar-refractivity contribution in [3.8, 4) is 5.75 Å². The van der Waals surface area contributed by atoms with E-state index in [1.807, 2.05) is 24.3 Å². The van der Waals surface area contributed by atoms with Crippen LogP contribution in [0.1, 0.15) is 36.8 Å². The summed E-state index contributed by atoms with van der Waals surface area (Å²) in [4.78, 5) is 13.6. The highest BCUT2D eigenvalue weighted by Crippen LogP contribution is 2.39. The molecule has 1 aromatic rings. The Morgan fingerprint density at radius 3 is 2.78 bits per heavy atom. The van der Waals surface area contributed by atoms with Crippen LogP contribution in [0.3, 0.4) is 0 Å². The smallest absolute Gasteiger partial charge is 0.250 e. The third kappa shape index (κ3) is 4.56. The molecule has 27 heavy (non-hydrogen) atoms. The number of amides is 1. The van der Waals surface area contributed by atoms with E-state index in [2.05, 4.69) is 6.58 Å². The maximum absolute atomic E-state index is 13.3. The van der Waals surface area contributed by atoms with Gasteiger partial charge in [-0.05, 0) is 37.0 Å². The third-order valence-corrected chi connectivity index (χ3v) is 5.18. The van der Waals surface area contributed by atoms with Crippen LogP contribution in [-0.2, 0) is 11.2 Å². The molecule has 1 aliphatic carbocycles. The van der Waals surface area contributed by atoms with Gasteiger partial charge < -0.3 is 14.7 Å². The molecule has 1 fully saturated rings. The maximum Gasteiger partial charge on any atom is 0.250 e. The van der Waals surface area contributed by atoms with Gasteiger partial charge in [0.1, 0.15) is 5.75 Å². The topological polar surface area (TPSA) is 49.8 Å². The van der Waals surface area contributed by atoms with E-state index in [1.54, 1.807) is 0 Å². The Balaban J connectivity index is 1.86. The second kappa shape index (κ2) is 8.21. The number of ether oxygens (including phenoxy) is 1. The maximum atomic E-state index is 13.3. The van der Waals surface area contributed by atoms with E-state index >= 15 is 0 Å². The molecule has 0 spiro atoms. The fraction of sp³-hybridized carbons (Fsp3) is 0.476. The van der Waals surface area contributed by atoms with Gasteiger partial charge in [0.2, 0.25) is 11.8 Å². The summed E-state index contributed by atoms with van der Waals surface area (Å²) in [5.41, 5.74) is 2.51. The lowest BCUT2D eigenvalue weighted by Crippen LogP contribution is -2.32. The number of nitrogens with zero attached hydrogens (tertiary/aromatic N) is 1. The van der Waals surface area contributed by atoms with Crippen LogP contribution >= 0.6 is 0 Å². The number of hydrogen-bond donors (Lipinski definition) is 1. The summed E-state index contributed by atoms with van der Waals surface area (Å²) in [7, 11) is 0. The Labute approximate surface area is 158 Å². The highest BCUT2D eigenvalue weighted by molar-refractivity contribution is 6.01. The van der Waals surface area contributed by atoms with Crippen LogP contribution in [0.5, 0.6) is 5.75 Å². The number of halogens is 2. The summed E-state index contributed by atoms with van der Waals surface area (Å²) in [5.74, 6) is -1.92. The zero-order chi connectivity index (χ0) is 19.4. The monoisotopic (exact) mass is 377 g/mol. The number of allylic oxidation sites excluding steroid dienone is 1. The predicted octanol–water partition coefficient (Wildman–Crippen LogP) is 3.97. The van der Waals surface area contributed by atoms with E-state index in [0.29, 0.717) is 25.1 Å². The molecule has 1 N–H and O–H groups in total. The van der Waals surface area contributed by atoms with Gasteiger partial charge in [-0.15, -0.1) is 0 Å². The summed E-state index contributed by atoms with van der Waals surface area (Å²) in [5, 5.41) is 9.29. The van der Waals surface area contributed by atoms with Crippen molar-refractivity contribution in [3.63, 3.8) is 0 Å². The molecule has 1 aliphatic heterocycles. The van der Waals surface area contributed by atoms with E-state index in [1.165, 1.54) is 11.0 Å². The first-order chi connectivity index (χ1) is 12.9. The SMILES string of the molecule is C=CC(=O)N(CCO)c1cc(C=CC2CCC(F)(F)CC2)c2c(c1)CCO2. The van der Waals surface area contributed by atoms with E-state index < -0.39 is 5.92 Å². The Morgan fingerprint density at radius 2 is 2.11 bits per heavy atom. The van der Waals surface area contributed by atoms with Crippen LogP contribution in [0.2, 0.25) is 0 Å². The minimum absolute atomic E-state index is 0.0746. The number of benzene rings is 1. The van der Waals surface area contributed by atoms with Gasteiger partial charge >= 0.3 is 0 Å². The van der Waals surface area contributed by atoms with Crippen LogP contribution in [-0.4, -0.2) is 36.7 Å². The van der Waals surface area contributed by atoms with Gasteiger partial charge in [-0.25, -0.2) is 8.78 Å². The van der Waals surface area contributed by atoms with Gasteiger partial charge in [0.15, 0.2) is 0 Å². The van der Waals surface area contributed by atoms with Gasteiger partial charge in [0.25, 0.3) is 0 Å². The molecule has 0 bridgehead atoms. The van der Waals surface area contributed by atoms with Crippen LogP contribution in [0.25, 0.3) is 6.08 Å². The molecule has 6 heteroatoms. The first-order valence-electron chi connectivity index (χ1n) is 9.34. The van der Waals surface area contributed by atoms with Gasteiger partial charge in [0, 0.05) is 42.6 Å². The Morgan fingerprint density at radius 1 is 1.37 bits per heavy atom. The molecular formula is C21H25F2NO3. The highest BCUT2D eigenvalue weighted by Gasteiger charge is 2.34. The summed E-state index contributed by atoms with van der Waals surface area (Å²) in [6.45, 7) is 4.11. The molecule has 1 saturated carbocycles. The number of alkyl halides is 2. The van der Waals surface area contributed by atoms with Gasteiger partial charge in [-0.2, -0.15) is 0 Å². The van der Waals surface area contributed by atoms with E-state index in [-0.39, 0.29) is 37.8 Å². The standard InChI is InChI=1S/C21H25F2NO3/c1-2-19(26)24(10-11-25)18-13-16(20-17(14-18)7-12-27-20)4-3-15-5-8-21(22,23)9-6-15/h2-4,13-15,25H,1,5-12H2. The van der Waals surface area contributed by atoms with Crippen molar-refractivity contribution < 1.29 is 23.4 Å². The van der Waals surface area contributed by atoms with Crippen molar-refractivity contribution in [3.05, 3.63) is 42.0 Å². The van der Waals surface area contributed by atoms with Crippen LogP contribution in [0.15, 0.2) is 30.9 Å². The van der Waals surface area contributed by atoms with Crippen molar-refractivity contribution >= 4 is 17.7 Å². The second-order valence-electron chi connectivity index (χ2n) is 7.09. The molecule has 0 radical (unpaired) electrons. The molecule has 1 heterocycles. The van der Waals surface area contributed by atoms with Crippen molar-refractivity contribution in [2.75, 3.05) is 24.7 Å². The molecule has 0 unspecified atom stereocenters. The Hall–Kier alpha value is -2.21. The molecular weight excluding hydrogens is 352 g/mol. The Bertz CT molecular complexity index is 735. The van der Waals surface area contributed by atoms with Crippen LogP contribution in [0, 0.1) is 5.92 Å². The van der Waals surface area contributed by atoms with Crippen molar-refractivity contribution in [1.82, 2.24) is 0 Å². The lowest BCUT2D eigenvalue weighted by molar-refractivity contribution is -0.114. The molecule has 2 aliphatic rings. The molecule has 0 aromatic heterocycles. The number of carbonyl (C=O) groups excluding carboxylic acids is 1. The summed E-state index contributed by atoms with van der Waals surface area (Å²) < 4.78 is 32.4. The fourth-order valence-electron chi connectivity index (χ4n) is 3.67. The number of hydrogen-bond acceptors (Lipinski definition) is 3. The minimum atomic E-state index is -2.54. The number of rotatable bonds is 6. The largest absolute Gasteiger partial charge is 0.492 e. The van der Waals surface area contributed by atoms with E-state index in [9.17, 15) is 18.7 Å². The normalized spacial score (nSPS) is 18.9. The molecule has 1 aromatic carbocycles. The molecule has 3 rings (SSSR count). The number of aliphatic hydroxyl groups is 1. The van der Waals surface area contributed by atoms with Crippen molar-refractivity contribution in [1.29, 1.82) is 0 Å². The molecule has 0 atom stereocenters.